The van der Waals surface area contributed by atoms with Crippen LogP contribution in [0.25, 0.3) is 0 Å². The Labute approximate surface area is 130 Å². The number of amides is 1. The molecular formula is C18H20N2O2. The third-order valence-corrected chi connectivity index (χ3v) is 3.77. The number of anilines is 1. The Morgan fingerprint density at radius 3 is 2.77 bits per heavy atom. The lowest BCUT2D eigenvalue weighted by Gasteiger charge is -2.30. The molecule has 1 aliphatic heterocycles. The van der Waals surface area contributed by atoms with E-state index < -0.39 is 0 Å². The number of hydrogen-bond acceptors (Lipinski definition) is 3. The molecule has 1 heterocycles. The van der Waals surface area contributed by atoms with Gasteiger partial charge >= 0.3 is 0 Å². The molecule has 0 aromatic heterocycles. The third kappa shape index (κ3) is 3.39. The number of ether oxygens (including phenoxy) is 1. The van der Waals surface area contributed by atoms with E-state index in [-0.39, 0.29) is 5.91 Å². The lowest BCUT2D eigenvalue weighted by atomic mass is 10.1. The standard InChI is InChI=1S/C18H20N2O2/c1-14-6-8-15(9-7-14)12-19-18(21)13-20-10-11-22-17-5-3-2-4-16(17)20/h2-9H,10-13H2,1H3,(H,19,21). The van der Waals surface area contributed by atoms with Crippen molar-refractivity contribution >= 4 is 11.6 Å². The molecule has 2 aromatic rings. The van der Waals surface area contributed by atoms with Crippen molar-refractivity contribution < 1.29 is 9.53 Å². The molecule has 0 saturated heterocycles. The number of hydrogen-bond donors (Lipinski definition) is 1. The second-order valence-electron chi connectivity index (χ2n) is 5.50. The number of aryl methyl sites for hydroxylation is 1. The zero-order valence-electron chi connectivity index (χ0n) is 12.7. The van der Waals surface area contributed by atoms with Crippen LogP contribution in [0.5, 0.6) is 5.75 Å². The van der Waals surface area contributed by atoms with Crippen molar-refractivity contribution in [3.8, 4) is 5.75 Å². The fraction of sp³-hybridized carbons (Fsp3) is 0.278. The first-order valence-corrected chi connectivity index (χ1v) is 7.51. The molecule has 0 unspecified atom stereocenters. The first-order valence-electron chi connectivity index (χ1n) is 7.51. The molecule has 1 N–H and O–H groups in total. The SMILES string of the molecule is Cc1ccc(CNC(=O)CN2CCOc3ccccc32)cc1. The second-order valence-corrected chi connectivity index (χ2v) is 5.50. The molecule has 22 heavy (non-hydrogen) atoms. The molecule has 0 fully saturated rings. The highest BCUT2D eigenvalue weighted by atomic mass is 16.5. The number of rotatable bonds is 4. The van der Waals surface area contributed by atoms with Crippen LogP contribution >= 0.6 is 0 Å². The normalized spacial score (nSPS) is 13.2. The lowest BCUT2D eigenvalue weighted by molar-refractivity contribution is -0.120. The molecule has 114 valence electrons. The summed E-state index contributed by atoms with van der Waals surface area (Å²) in [4.78, 5) is 14.2. The van der Waals surface area contributed by atoms with E-state index in [0.717, 1.165) is 23.5 Å². The third-order valence-electron chi connectivity index (χ3n) is 3.77. The van der Waals surface area contributed by atoms with E-state index in [0.29, 0.717) is 19.7 Å². The van der Waals surface area contributed by atoms with Gasteiger partial charge in [0.15, 0.2) is 0 Å². The Bertz CT molecular complexity index is 652. The summed E-state index contributed by atoms with van der Waals surface area (Å²) in [5.74, 6) is 0.873. The maximum Gasteiger partial charge on any atom is 0.239 e. The molecule has 0 radical (unpaired) electrons. The maximum absolute atomic E-state index is 12.2. The van der Waals surface area contributed by atoms with Gasteiger partial charge in [-0.2, -0.15) is 0 Å². The Morgan fingerprint density at radius 2 is 1.95 bits per heavy atom. The molecule has 0 spiro atoms. The number of fused-ring (bicyclic) bond motifs is 1. The topological polar surface area (TPSA) is 41.6 Å². The van der Waals surface area contributed by atoms with Gasteiger partial charge in [-0.3, -0.25) is 4.79 Å². The Morgan fingerprint density at radius 1 is 1.18 bits per heavy atom. The number of carbonyl (C=O) groups excluding carboxylic acids is 1. The lowest BCUT2D eigenvalue weighted by Crippen LogP contribution is -2.41. The summed E-state index contributed by atoms with van der Waals surface area (Å²) < 4.78 is 5.60. The Balaban J connectivity index is 1.57. The molecular weight excluding hydrogens is 276 g/mol. The van der Waals surface area contributed by atoms with Crippen molar-refractivity contribution in [3.63, 3.8) is 0 Å². The van der Waals surface area contributed by atoms with Gasteiger partial charge in [0.2, 0.25) is 5.91 Å². The minimum Gasteiger partial charge on any atom is -0.490 e. The van der Waals surface area contributed by atoms with E-state index in [1.165, 1.54) is 5.56 Å². The van der Waals surface area contributed by atoms with Crippen LogP contribution in [0, 0.1) is 6.92 Å². The largest absolute Gasteiger partial charge is 0.490 e. The van der Waals surface area contributed by atoms with Gasteiger partial charge in [-0.15, -0.1) is 0 Å². The molecule has 0 bridgehead atoms. The van der Waals surface area contributed by atoms with Gasteiger partial charge in [0.25, 0.3) is 0 Å². The predicted octanol–water partition coefficient (Wildman–Crippen LogP) is 2.51. The summed E-state index contributed by atoms with van der Waals surface area (Å²) in [5, 5.41) is 2.98. The van der Waals surface area contributed by atoms with Gasteiger partial charge in [0.1, 0.15) is 12.4 Å². The van der Waals surface area contributed by atoms with Crippen LogP contribution in [0.1, 0.15) is 11.1 Å². The van der Waals surface area contributed by atoms with Gasteiger partial charge in [-0.05, 0) is 24.6 Å². The van der Waals surface area contributed by atoms with Crippen LogP contribution in [-0.2, 0) is 11.3 Å². The number of para-hydroxylation sites is 2. The van der Waals surface area contributed by atoms with Crippen molar-refractivity contribution in [2.75, 3.05) is 24.6 Å². The van der Waals surface area contributed by atoms with Crippen molar-refractivity contribution in [1.82, 2.24) is 5.32 Å². The number of nitrogens with zero attached hydrogens (tertiary/aromatic N) is 1. The first-order chi connectivity index (χ1) is 10.7. The summed E-state index contributed by atoms with van der Waals surface area (Å²) in [5.41, 5.74) is 3.32. The quantitative estimate of drug-likeness (QED) is 0.942. The minimum absolute atomic E-state index is 0.0253. The Kier molecular flexibility index (Phi) is 4.28. The van der Waals surface area contributed by atoms with Gasteiger partial charge in [-0.1, -0.05) is 42.0 Å². The minimum atomic E-state index is 0.0253. The van der Waals surface area contributed by atoms with E-state index >= 15 is 0 Å². The zero-order chi connectivity index (χ0) is 15.4. The summed E-state index contributed by atoms with van der Waals surface area (Å²) in [7, 11) is 0. The van der Waals surface area contributed by atoms with Gasteiger partial charge in [0, 0.05) is 6.54 Å². The molecule has 1 amide bonds. The van der Waals surface area contributed by atoms with E-state index in [2.05, 4.69) is 29.3 Å². The maximum atomic E-state index is 12.2. The summed E-state index contributed by atoms with van der Waals surface area (Å²) in [6.45, 7) is 4.31. The predicted molar refractivity (Wildman–Crippen MR) is 87.2 cm³/mol. The van der Waals surface area contributed by atoms with Gasteiger partial charge < -0.3 is 15.0 Å². The van der Waals surface area contributed by atoms with Crippen molar-refractivity contribution in [1.29, 1.82) is 0 Å². The monoisotopic (exact) mass is 296 g/mol. The zero-order valence-corrected chi connectivity index (χ0v) is 12.7. The van der Waals surface area contributed by atoms with E-state index in [4.69, 9.17) is 4.74 Å². The molecule has 0 atom stereocenters. The second kappa shape index (κ2) is 6.52. The van der Waals surface area contributed by atoms with Crippen molar-refractivity contribution in [2.45, 2.75) is 13.5 Å². The van der Waals surface area contributed by atoms with Gasteiger partial charge in [-0.25, -0.2) is 0 Å². The number of nitrogens with one attached hydrogen (secondary N) is 1. The molecule has 1 aliphatic rings. The number of carbonyl (C=O) groups is 1. The average Bonchev–Trinajstić information content (AvgIpc) is 2.55. The number of benzene rings is 2. The molecule has 0 aliphatic carbocycles. The Hall–Kier alpha value is -2.49. The smallest absolute Gasteiger partial charge is 0.239 e. The molecule has 4 heteroatoms. The van der Waals surface area contributed by atoms with Crippen LogP contribution in [0.2, 0.25) is 0 Å². The van der Waals surface area contributed by atoms with Crippen molar-refractivity contribution in [2.24, 2.45) is 0 Å². The van der Waals surface area contributed by atoms with E-state index in [1.807, 2.05) is 36.4 Å². The van der Waals surface area contributed by atoms with Gasteiger partial charge in [0.05, 0.1) is 18.8 Å². The molecule has 2 aromatic carbocycles. The van der Waals surface area contributed by atoms with Crippen LogP contribution in [0.4, 0.5) is 5.69 Å². The highest BCUT2D eigenvalue weighted by Gasteiger charge is 2.19. The highest BCUT2D eigenvalue weighted by molar-refractivity contribution is 5.82. The van der Waals surface area contributed by atoms with E-state index in [9.17, 15) is 4.79 Å². The van der Waals surface area contributed by atoms with E-state index in [1.54, 1.807) is 0 Å². The highest BCUT2D eigenvalue weighted by Crippen LogP contribution is 2.30. The fourth-order valence-electron chi connectivity index (χ4n) is 2.53. The fourth-order valence-corrected chi connectivity index (χ4v) is 2.53. The molecule has 0 saturated carbocycles. The summed E-state index contributed by atoms with van der Waals surface area (Å²) in [6.07, 6.45) is 0. The van der Waals surface area contributed by atoms with Crippen LogP contribution < -0.4 is 15.0 Å². The average molecular weight is 296 g/mol. The first kappa shape index (κ1) is 14.4. The summed E-state index contributed by atoms with van der Waals surface area (Å²) >= 11 is 0. The van der Waals surface area contributed by atoms with Crippen LogP contribution in [-0.4, -0.2) is 25.6 Å². The van der Waals surface area contributed by atoms with Crippen LogP contribution in [0.3, 0.4) is 0 Å². The van der Waals surface area contributed by atoms with Crippen molar-refractivity contribution in [3.05, 3.63) is 59.7 Å². The summed E-state index contributed by atoms with van der Waals surface area (Å²) in [6, 6.07) is 16.0. The van der Waals surface area contributed by atoms with Crippen LogP contribution in [0.15, 0.2) is 48.5 Å². The molecule has 4 nitrogen and oxygen atoms in total. The molecule has 3 rings (SSSR count).